The molecule has 0 fully saturated rings. The van der Waals surface area contributed by atoms with Crippen molar-refractivity contribution in [3.63, 3.8) is 0 Å². The van der Waals surface area contributed by atoms with Gasteiger partial charge in [0.1, 0.15) is 7.05 Å². The van der Waals surface area contributed by atoms with Crippen molar-refractivity contribution in [2.45, 2.75) is 90.0 Å². The zero-order valence-corrected chi connectivity index (χ0v) is 38.1. The Morgan fingerprint density at radius 3 is 1.79 bits per heavy atom. The molecule has 0 radical (unpaired) electrons. The summed E-state index contributed by atoms with van der Waals surface area (Å²) in [6.07, 6.45) is 11.1. The summed E-state index contributed by atoms with van der Waals surface area (Å²) in [7, 11) is 2.15. The maximum absolute atomic E-state index is 2.68. The second-order valence-electron chi connectivity index (χ2n) is 18.2. The fraction of sp³-hybridized carbons (Fsp3) is 0.246. The molecule has 8 aromatic rings. The number of pyridine rings is 2. The van der Waals surface area contributed by atoms with Crippen LogP contribution in [0.3, 0.4) is 0 Å². The van der Waals surface area contributed by atoms with Crippen LogP contribution in [-0.2, 0) is 24.4 Å². The Kier molecular flexibility index (Phi) is 11.8. The van der Waals surface area contributed by atoms with Gasteiger partial charge in [-0.25, -0.2) is 4.57 Å². The number of unbranched alkanes of at least 4 members (excludes halogenated alkanes) is 1. The van der Waals surface area contributed by atoms with Gasteiger partial charge < -0.3 is 0 Å². The molecule has 63 heavy (non-hydrogen) atoms. The van der Waals surface area contributed by atoms with Crippen molar-refractivity contribution in [1.82, 2.24) is 0 Å². The van der Waals surface area contributed by atoms with Gasteiger partial charge in [-0.05, 0) is 142 Å². The average molecular weight is 823 g/mol. The fourth-order valence-electron chi connectivity index (χ4n) is 11.0. The van der Waals surface area contributed by atoms with E-state index in [0.717, 1.165) is 25.7 Å². The van der Waals surface area contributed by atoms with Gasteiger partial charge in [-0.15, -0.1) is 0 Å². The van der Waals surface area contributed by atoms with Crippen LogP contribution in [0.5, 0.6) is 0 Å². The number of aromatic nitrogens is 2. The first-order valence-corrected chi connectivity index (χ1v) is 23.4. The van der Waals surface area contributed by atoms with Crippen LogP contribution in [0.15, 0.2) is 188 Å². The molecule has 9 rings (SSSR count). The minimum atomic E-state index is -0.144. The van der Waals surface area contributed by atoms with Crippen molar-refractivity contribution in [2.75, 3.05) is 0 Å². The van der Waals surface area contributed by atoms with Crippen LogP contribution in [0.1, 0.15) is 89.3 Å². The molecule has 0 saturated heterocycles. The minimum Gasteiger partial charge on any atom is -0.201 e. The highest BCUT2D eigenvalue weighted by atomic mass is 15.1. The molecular weight excluding hydrogens is 761 g/mol. The van der Waals surface area contributed by atoms with E-state index in [2.05, 4.69) is 239 Å². The van der Waals surface area contributed by atoms with Crippen molar-refractivity contribution < 1.29 is 9.13 Å². The number of nitrogens with zero attached hydrogens (tertiary/aromatic N) is 2. The summed E-state index contributed by atoms with van der Waals surface area (Å²) < 4.78 is 4.92. The van der Waals surface area contributed by atoms with Gasteiger partial charge in [0.25, 0.3) is 0 Å². The van der Waals surface area contributed by atoms with E-state index in [1.807, 2.05) is 0 Å². The SMILES string of the molecule is CCCCc1cccc(-c2cc(-c3ccccc3)cc(-c3cccc(-c4ccc5c(c4)-c4cccc[n+]4C(CC)(CC(C)c4ccccc4-c4cccc[n+]4C)C5(C)CC)c3)c2)c1. The predicted octanol–water partition coefficient (Wildman–Crippen LogP) is 15.1. The summed E-state index contributed by atoms with van der Waals surface area (Å²) in [5.74, 6) is 0.322. The van der Waals surface area contributed by atoms with Crippen LogP contribution >= 0.6 is 0 Å². The molecule has 0 amide bonds. The lowest BCUT2D eigenvalue weighted by atomic mass is 9.57. The molecular formula is C61H62N2+2. The average Bonchev–Trinajstić information content (AvgIpc) is 3.34. The number of hydrogen-bond acceptors (Lipinski definition) is 0. The van der Waals surface area contributed by atoms with Crippen molar-refractivity contribution in [1.29, 1.82) is 0 Å². The van der Waals surface area contributed by atoms with Gasteiger partial charge in [-0.2, -0.15) is 4.57 Å². The first-order valence-electron chi connectivity index (χ1n) is 23.4. The van der Waals surface area contributed by atoms with E-state index >= 15 is 0 Å². The van der Waals surface area contributed by atoms with Crippen LogP contribution < -0.4 is 9.13 Å². The zero-order chi connectivity index (χ0) is 43.6. The number of hydrogen-bond donors (Lipinski definition) is 0. The highest BCUT2D eigenvalue weighted by molar-refractivity contribution is 5.84. The molecule has 1 aliphatic rings. The highest BCUT2D eigenvalue weighted by Gasteiger charge is 2.59. The maximum atomic E-state index is 2.68. The van der Waals surface area contributed by atoms with E-state index in [1.165, 1.54) is 96.6 Å². The lowest BCUT2D eigenvalue weighted by molar-refractivity contribution is -0.770. The van der Waals surface area contributed by atoms with Crippen molar-refractivity contribution in [3.8, 4) is 67.0 Å². The summed E-state index contributed by atoms with van der Waals surface area (Å²) in [5.41, 5.74) is 19.1. The lowest BCUT2D eigenvalue weighted by Gasteiger charge is -2.49. The van der Waals surface area contributed by atoms with Crippen molar-refractivity contribution in [3.05, 3.63) is 205 Å². The van der Waals surface area contributed by atoms with Crippen LogP contribution in [0, 0.1) is 0 Å². The van der Waals surface area contributed by atoms with Crippen LogP contribution in [0.25, 0.3) is 67.0 Å². The molecule has 0 bridgehead atoms. The molecule has 0 spiro atoms. The molecule has 1 aliphatic heterocycles. The Morgan fingerprint density at radius 1 is 0.492 bits per heavy atom. The smallest absolute Gasteiger partial charge is 0.201 e. The minimum absolute atomic E-state index is 0.112. The van der Waals surface area contributed by atoms with Crippen LogP contribution in [0.2, 0.25) is 0 Å². The quantitative estimate of drug-likeness (QED) is 0.102. The van der Waals surface area contributed by atoms with Gasteiger partial charge in [0.2, 0.25) is 11.4 Å². The molecule has 314 valence electrons. The lowest BCUT2D eigenvalue weighted by Crippen LogP contribution is -2.69. The number of fused-ring (bicyclic) bond motifs is 3. The van der Waals surface area contributed by atoms with Gasteiger partial charge in [-0.1, -0.05) is 137 Å². The van der Waals surface area contributed by atoms with E-state index < -0.39 is 0 Å². The first kappa shape index (κ1) is 41.9. The topological polar surface area (TPSA) is 7.76 Å². The largest absolute Gasteiger partial charge is 0.213 e. The Hall–Kier alpha value is -6.38. The fourth-order valence-corrected chi connectivity index (χ4v) is 11.0. The Bertz CT molecular complexity index is 2890. The second kappa shape index (κ2) is 17.8. The predicted molar refractivity (Wildman–Crippen MR) is 264 cm³/mol. The third-order valence-electron chi connectivity index (χ3n) is 14.6. The Balaban J connectivity index is 1.12. The van der Waals surface area contributed by atoms with Crippen LogP contribution in [-0.4, -0.2) is 0 Å². The molecule has 6 aromatic carbocycles. The van der Waals surface area contributed by atoms with E-state index in [1.54, 1.807) is 0 Å². The van der Waals surface area contributed by atoms with Gasteiger partial charge in [0.05, 0.1) is 11.0 Å². The third-order valence-corrected chi connectivity index (χ3v) is 14.6. The number of benzene rings is 6. The van der Waals surface area contributed by atoms with Gasteiger partial charge >= 0.3 is 0 Å². The Labute approximate surface area is 376 Å². The Morgan fingerprint density at radius 2 is 1.08 bits per heavy atom. The monoisotopic (exact) mass is 822 g/mol. The van der Waals surface area contributed by atoms with Crippen molar-refractivity contribution >= 4 is 0 Å². The van der Waals surface area contributed by atoms with Gasteiger partial charge in [0, 0.05) is 42.7 Å². The third kappa shape index (κ3) is 7.75. The molecule has 2 aromatic heterocycles. The van der Waals surface area contributed by atoms with E-state index in [4.69, 9.17) is 0 Å². The standard InChI is InChI=1S/C61H62N2/c1-7-10-22-45-23-20-26-47(37-45)52-39-51(46-24-12-11-13-25-46)40-53(41-52)49-28-21-27-48(38-49)50-33-34-57-56(42-50)59-32-17-19-36-63(59)61(9-3,60(57,5)8-2)43-44(4)54-29-14-15-30-55(54)58-31-16-18-35-62(58)6/h11-21,23-42,44H,7-10,22,43H2,1-6H3/q+2. The normalized spacial score (nSPS) is 17.2. The van der Waals surface area contributed by atoms with Crippen LogP contribution in [0.4, 0.5) is 0 Å². The highest BCUT2D eigenvalue weighted by Crippen LogP contribution is 2.54. The summed E-state index contributed by atoms with van der Waals surface area (Å²) in [4.78, 5) is 0. The first-order chi connectivity index (χ1) is 30.8. The summed E-state index contributed by atoms with van der Waals surface area (Å²) in [6, 6.07) is 66.1. The molecule has 0 saturated carbocycles. The molecule has 3 atom stereocenters. The zero-order valence-electron chi connectivity index (χ0n) is 38.1. The van der Waals surface area contributed by atoms with Crippen molar-refractivity contribution in [2.24, 2.45) is 7.05 Å². The number of aryl methyl sites for hydroxylation is 2. The molecule has 0 aliphatic carbocycles. The van der Waals surface area contributed by atoms with Gasteiger partial charge in [-0.3, -0.25) is 0 Å². The summed E-state index contributed by atoms with van der Waals surface area (Å²) >= 11 is 0. The summed E-state index contributed by atoms with van der Waals surface area (Å²) in [5, 5.41) is 0. The maximum Gasteiger partial charge on any atom is 0.213 e. The van der Waals surface area contributed by atoms with Gasteiger partial charge in [0.15, 0.2) is 17.9 Å². The van der Waals surface area contributed by atoms with E-state index in [0.29, 0.717) is 5.92 Å². The molecule has 2 nitrogen and oxygen atoms in total. The van der Waals surface area contributed by atoms with E-state index in [9.17, 15) is 0 Å². The second-order valence-corrected chi connectivity index (χ2v) is 18.2. The molecule has 0 N–H and O–H groups in total. The van der Waals surface area contributed by atoms with E-state index in [-0.39, 0.29) is 11.0 Å². The number of rotatable bonds is 13. The molecule has 3 heterocycles. The molecule has 2 heteroatoms. The molecule has 3 unspecified atom stereocenters. The summed E-state index contributed by atoms with van der Waals surface area (Å²) in [6.45, 7) is 12.1.